The SMILES string of the molecule is O=C(c1cnn(-c2nccc(-c3cc4ccccc4o3)n2)c1C1CC1)N1CCC(N2CCC(O)CC2)CC1. The van der Waals surface area contributed by atoms with Gasteiger partial charge >= 0.3 is 0 Å². The van der Waals surface area contributed by atoms with Crippen molar-refractivity contribution in [3.05, 3.63) is 60.0 Å². The average molecular weight is 513 g/mol. The van der Waals surface area contributed by atoms with Crippen LogP contribution >= 0.6 is 0 Å². The van der Waals surface area contributed by atoms with Crippen LogP contribution in [0.1, 0.15) is 60.5 Å². The van der Waals surface area contributed by atoms with Crippen LogP contribution in [0.3, 0.4) is 0 Å². The molecule has 0 unspecified atom stereocenters. The number of furan rings is 1. The highest BCUT2D eigenvalue weighted by Crippen LogP contribution is 2.42. The number of piperidine rings is 2. The van der Waals surface area contributed by atoms with E-state index in [1.54, 1.807) is 17.1 Å². The molecule has 0 bridgehead atoms. The van der Waals surface area contributed by atoms with Crippen LogP contribution in [0.4, 0.5) is 0 Å². The van der Waals surface area contributed by atoms with Crippen molar-refractivity contribution in [3.63, 3.8) is 0 Å². The van der Waals surface area contributed by atoms with Crippen molar-refractivity contribution in [2.75, 3.05) is 26.2 Å². The Morgan fingerprint density at radius 1 is 0.974 bits per heavy atom. The van der Waals surface area contributed by atoms with Gasteiger partial charge in [0, 0.05) is 49.7 Å². The Morgan fingerprint density at radius 2 is 1.76 bits per heavy atom. The second-order valence-corrected chi connectivity index (χ2v) is 10.8. The number of aliphatic hydroxyl groups is 1. The van der Waals surface area contributed by atoms with Crippen molar-refractivity contribution in [2.45, 2.75) is 56.6 Å². The summed E-state index contributed by atoms with van der Waals surface area (Å²) in [6, 6.07) is 12.2. The summed E-state index contributed by atoms with van der Waals surface area (Å²) in [5.41, 5.74) is 3.09. The fraction of sp³-hybridized carbons (Fsp3) is 0.448. The molecule has 9 nitrogen and oxygen atoms in total. The summed E-state index contributed by atoms with van der Waals surface area (Å²) in [6.07, 6.45) is 8.98. The molecule has 1 aromatic carbocycles. The Labute approximate surface area is 221 Å². The number of para-hydroxylation sites is 1. The lowest BCUT2D eigenvalue weighted by Gasteiger charge is -2.41. The summed E-state index contributed by atoms with van der Waals surface area (Å²) < 4.78 is 7.77. The van der Waals surface area contributed by atoms with E-state index in [-0.39, 0.29) is 12.0 Å². The fourth-order valence-electron chi connectivity index (χ4n) is 5.98. The van der Waals surface area contributed by atoms with Gasteiger partial charge in [-0.2, -0.15) is 5.10 Å². The van der Waals surface area contributed by atoms with E-state index in [1.807, 2.05) is 41.3 Å². The van der Waals surface area contributed by atoms with E-state index >= 15 is 0 Å². The Bertz CT molecular complexity index is 1430. The van der Waals surface area contributed by atoms with Gasteiger partial charge in [0.2, 0.25) is 0 Å². The molecular formula is C29H32N6O3. The third kappa shape index (κ3) is 4.39. The number of fused-ring (bicyclic) bond motifs is 1. The van der Waals surface area contributed by atoms with Crippen LogP contribution in [0.15, 0.2) is 53.2 Å². The summed E-state index contributed by atoms with van der Waals surface area (Å²) in [5.74, 6) is 1.48. The van der Waals surface area contributed by atoms with E-state index in [2.05, 4.69) is 15.0 Å². The maximum atomic E-state index is 13.7. The lowest BCUT2D eigenvalue weighted by molar-refractivity contribution is 0.0356. The lowest BCUT2D eigenvalue weighted by atomic mass is 9.98. The van der Waals surface area contributed by atoms with Crippen LogP contribution in [0.25, 0.3) is 28.4 Å². The van der Waals surface area contributed by atoms with Gasteiger partial charge in [-0.1, -0.05) is 18.2 Å². The molecular weight excluding hydrogens is 480 g/mol. The second kappa shape index (κ2) is 9.63. The third-order valence-corrected chi connectivity index (χ3v) is 8.28. The first-order valence-electron chi connectivity index (χ1n) is 13.8. The largest absolute Gasteiger partial charge is 0.454 e. The monoisotopic (exact) mass is 512 g/mol. The van der Waals surface area contributed by atoms with Crippen LogP contribution in [-0.4, -0.2) is 78.9 Å². The zero-order chi connectivity index (χ0) is 25.6. The average Bonchev–Trinajstić information content (AvgIpc) is 3.54. The second-order valence-electron chi connectivity index (χ2n) is 10.8. The first-order chi connectivity index (χ1) is 18.6. The van der Waals surface area contributed by atoms with E-state index in [1.165, 1.54) is 0 Å². The minimum absolute atomic E-state index is 0.0547. The number of benzene rings is 1. The molecule has 38 heavy (non-hydrogen) atoms. The highest BCUT2D eigenvalue weighted by atomic mass is 16.3. The van der Waals surface area contributed by atoms with E-state index in [9.17, 15) is 9.90 Å². The summed E-state index contributed by atoms with van der Waals surface area (Å²) in [6.45, 7) is 3.39. The predicted molar refractivity (Wildman–Crippen MR) is 142 cm³/mol. The highest BCUT2D eigenvalue weighted by molar-refractivity contribution is 5.95. The molecule has 1 amide bonds. The number of aromatic nitrogens is 4. The molecule has 5 heterocycles. The summed E-state index contributed by atoms with van der Waals surface area (Å²) >= 11 is 0. The van der Waals surface area contributed by atoms with Gasteiger partial charge in [-0.15, -0.1) is 0 Å². The van der Waals surface area contributed by atoms with Crippen molar-refractivity contribution in [2.24, 2.45) is 0 Å². The molecule has 3 fully saturated rings. The molecule has 3 aliphatic rings. The zero-order valence-corrected chi connectivity index (χ0v) is 21.4. The number of carbonyl (C=O) groups excluding carboxylic acids is 1. The molecule has 196 valence electrons. The normalized spacial score (nSPS) is 19.9. The smallest absolute Gasteiger partial charge is 0.257 e. The van der Waals surface area contributed by atoms with E-state index in [0.717, 1.165) is 81.4 Å². The van der Waals surface area contributed by atoms with Crippen molar-refractivity contribution in [3.8, 4) is 17.4 Å². The van der Waals surface area contributed by atoms with Gasteiger partial charge < -0.3 is 19.3 Å². The summed E-state index contributed by atoms with van der Waals surface area (Å²) in [4.78, 5) is 27.4. The third-order valence-electron chi connectivity index (χ3n) is 8.28. The number of aliphatic hydroxyl groups excluding tert-OH is 1. The van der Waals surface area contributed by atoms with Gasteiger partial charge in [-0.25, -0.2) is 14.6 Å². The fourth-order valence-corrected chi connectivity index (χ4v) is 5.98. The Balaban J connectivity index is 1.12. The maximum Gasteiger partial charge on any atom is 0.257 e. The van der Waals surface area contributed by atoms with E-state index in [4.69, 9.17) is 9.40 Å². The summed E-state index contributed by atoms with van der Waals surface area (Å²) in [7, 11) is 0. The molecule has 1 aliphatic carbocycles. The van der Waals surface area contributed by atoms with Gasteiger partial charge in [-0.3, -0.25) is 4.79 Å². The molecule has 2 aliphatic heterocycles. The van der Waals surface area contributed by atoms with Crippen molar-refractivity contribution in [1.82, 2.24) is 29.5 Å². The van der Waals surface area contributed by atoms with Crippen LogP contribution in [0, 0.1) is 0 Å². The molecule has 0 spiro atoms. The number of hydrogen-bond donors (Lipinski definition) is 1. The molecule has 2 saturated heterocycles. The number of nitrogens with zero attached hydrogens (tertiary/aromatic N) is 6. The summed E-state index contributed by atoms with van der Waals surface area (Å²) in [5, 5.41) is 15.5. The molecule has 7 rings (SSSR count). The maximum absolute atomic E-state index is 13.7. The first kappa shape index (κ1) is 23.5. The zero-order valence-electron chi connectivity index (χ0n) is 21.4. The van der Waals surface area contributed by atoms with Crippen molar-refractivity contribution >= 4 is 16.9 Å². The molecule has 0 radical (unpaired) electrons. The highest BCUT2D eigenvalue weighted by Gasteiger charge is 2.36. The minimum atomic E-state index is -0.159. The number of carbonyl (C=O) groups is 1. The lowest BCUT2D eigenvalue weighted by Crippen LogP contribution is -2.49. The van der Waals surface area contributed by atoms with Gasteiger partial charge in [0.25, 0.3) is 11.9 Å². The van der Waals surface area contributed by atoms with Crippen LogP contribution < -0.4 is 0 Å². The molecule has 9 heteroatoms. The standard InChI is InChI=1S/C29H32N6O3/c36-22-10-15-33(16-11-22)21-8-13-34(14-9-21)28(37)23-18-31-35(27(23)19-5-6-19)29-30-12-7-24(32-29)26-17-20-3-1-2-4-25(20)38-26/h1-4,7,12,17-19,21-22,36H,5-6,8-11,13-16H2. The van der Waals surface area contributed by atoms with Gasteiger partial charge in [0.1, 0.15) is 11.3 Å². The van der Waals surface area contributed by atoms with Crippen LogP contribution in [-0.2, 0) is 0 Å². The molecule has 0 atom stereocenters. The molecule has 3 aromatic heterocycles. The van der Waals surface area contributed by atoms with Gasteiger partial charge in [0.05, 0.1) is 23.6 Å². The van der Waals surface area contributed by atoms with Crippen LogP contribution in [0.2, 0.25) is 0 Å². The minimum Gasteiger partial charge on any atom is -0.454 e. The number of hydrogen-bond acceptors (Lipinski definition) is 7. The number of rotatable bonds is 5. The topological polar surface area (TPSA) is 101 Å². The van der Waals surface area contributed by atoms with E-state index < -0.39 is 0 Å². The Hall–Kier alpha value is -3.56. The van der Waals surface area contributed by atoms with Gasteiger partial charge in [0.15, 0.2) is 5.76 Å². The first-order valence-corrected chi connectivity index (χ1v) is 13.8. The number of amides is 1. The quantitative estimate of drug-likeness (QED) is 0.431. The van der Waals surface area contributed by atoms with E-state index in [0.29, 0.717) is 34.9 Å². The molecule has 1 saturated carbocycles. The Kier molecular flexibility index (Phi) is 5.97. The Morgan fingerprint density at radius 3 is 2.53 bits per heavy atom. The molecule has 1 N–H and O–H groups in total. The number of likely N-dealkylation sites (tertiary alicyclic amines) is 2. The molecule has 4 aromatic rings. The van der Waals surface area contributed by atoms with Crippen LogP contribution in [0.5, 0.6) is 0 Å². The predicted octanol–water partition coefficient (Wildman–Crippen LogP) is 4.01. The van der Waals surface area contributed by atoms with Crippen molar-refractivity contribution in [1.29, 1.82) is 0 Å². The van der Waals surface area contributed by atoms with Crippen molar-refractivity contribution < 1.29 is 14.3 Å². The van der Waals surface area contributed by atoms with Gasteiger partial charge in [-0.05, 0) is 56.7 Å².